The largest absolute Gasteiger partial charge is 0.481 e. The third-order valence-electron chi connectivity index (χ3n) is 1.68. The minimum atomic E-state index is -1.35. The van der Waals surface area contributed by atoms with Gasteiger partial charge < -0.3 is 25.4 Å². The van der Waals surface area contributed by atoms with Crippen LogP contribution in [0.3, 0.4) is 0 Å². The minimum Gasteiger partial charge on any atom is -0.481 e. The number of hydrogen-bond donors (Lipinski definition) is 4. The van der Waals surface area contributed by atoms with Gasteiger partial charge >= 0.3 is 12.1 Å². The maximum absolute atomic E-state index is 11.0. The Balaban J connectivity index is 4.24. The highest BCUT2D eigenvalue weighted by atomic mass is 16.5. The zero-order chi connectivity index (χ0) is 12.6. The van der Waals surface area contributed by atoms with Gasteiger partial charge in [-0.15, -0.1) is 0 Å². The predicted molar refractivity (Wildman–Crippen MR) is 53.8 cm³/mol. The van der Waals surface area contributed by atoms with Crippen molar-refractivity contribution >= 4 is 12.1 Å². The van der Waals surface area contributed by atoms with E-state index in [4.69, 9.17) is 10.2 Å². The molecule has 1 amide bonds. The molecule has 0 aliphatic heterocycles. The number of amides is 1. The summed E-state index contributed by atoms with van der Waals surface area (Å²) < 4.78 is 4.54. The molecule has 0 unspecified atom stereocenters. The van der Waals surface area contributed by atoms with Crippen LogP contribution in [0.4, 0.5) is 4.79 Å². The van der Waals surface area contributed by atoms with Gasteiger partial charge in [0.2, 0.25) is 0 Å². The lowest BCUT2D eigenvalue weighted by Gasteiger charge is -2.20. The molecular weight excluding hydrogens is 218 g/mol. The lowest BCUT2D eigenvalue weighted by molar-refractivity contribution is -0.138. The van der Waals surface area contributed by atoms with Crippen molar-refractivity contribution in [2.24, 2.45) is 0 Å². The van der Waals surface area contributed by atoms with Gasteiger partial charge in [-0.2, -0.15) is 0 Å². The molecule has 0 bridgehead atoms. The van der Waals surface area contributed by atoms with E-state index in [9.17, 15) is 14.7 Å². The van der Waals surface area contributed by atoms with Crippen LogP contribution in [-0.4, -0.2) is 52.7 Å². The summed E-state index contributed by atoms with van der Waals surface area (Å²) in [4.78, 5) is 21.5. The topological polar surface area (TPSA) is 116 Å². The van der Waals surface area contributed by atoms with E-state index in [1.807, 2.05) is 0 Å². The van der Waals surface area contributed by atoms with Crippen LogP contribution < -0.4 is 5.32 Å². The maximum atomic E-state index is 11.0. The van der Waals surface area contributed by atoms with Gasteiger partial charge in [0.15, 0.2) is 0 Å². The third kappa shape index (κ3) is 5.99. The summed E-state index contributed by atoms with van der Waals surface area (Å²) in [6.07, 6.45) is -1.40. The Morgan fingerprint density at radius 3 is 2.56 bits per heavy atom. The third-order valence-corrected chi connectivity index (χ3v) is 1.68. The molecule has 0 saturated heterocycles. The standard InChI is InChI=1S/C9H15NO6/c1-2-3-16-9(15)10-6(4-8(13)14)7(12)5-11/h2,6-7,11-12H,1,3-5H2,(H,10,15)(H,13,14)/t6-,7-/m0/s1. The number of carbonyl (C=O) groups excluding carboxylic acids is 1. The highest BCUT2D eigenvalue weighted by Crippen LogP contribution is 2.00. The second kappa shape index (κ2) is 7.66. The minimum absolute atomic E-state index is 0.0269. The van der Waals surface area contributed by atoms with Crippen LogP contribution in [0.5, 0.6) is 0 Å². The molecule has 16 heavy (non-hydrogen) atoms. The number of aliphatic hydroxyl groups is 2. The second-order valence-electron chi connectivity index (χ2n) is 2.99. The molecule has 0 saturated carbocycles. The lowest BCUT2D eigenvalue weighted by Crippen LogP contribution is -2.46. The molecule has 0 aliphatic carbocycles. The van der Waals surface area contributed by atoms with Gasteiger partial charge in [-0.25, -0.2) is 4.79 Å². The van der Waals surface area contributed by atoms with Gasteiger partial charge in [0.1, 0.15) is 6.61 Å². The summed E-state index contributed by atoms with van der Waals surface area (Å²) >= 11 is 0. The molecule has 4 N–H and O–H groups in total. The van der Waals surface area contributed by atoms with E-state index in [1.54, 1.807) is 0 Å². The fourth-order valence-electron chi connectivity index (χ4n) is 0.926. The molecule has 0 heterocycles. The number of rotatable bonds is 7. The first-order chi connectivity index (χ1) is 7.51. The van der Waals surface area contributed by atoms with Crippen molar-refractivity contribution in [3.05, 3.63) is 12.7 Å². The van der Waals surface area contributed by atoms with Gasteiger partial charge in [-0.05, 0) is 0 Å². The Bertz CT molecular complexity index is 254. The Kier molecular flexibility index (Phi) is 6.89. The van der Waals surface area contributed by atoms with Crippen LogP contribution in [0.25, 0.3) is 0 Å². The van der Waals surface area contributed by atoms with Crippen molar-refractivity contribution in [3.8, 4) is 0 Å². The second-order valence-corrected chi connectivity index (χ2v) is 2.99. The Labute approximate surface area is 92.3 Å². The Morgan fingerprint density at radius 2 is 2.12 bits per heavy atom. The molecule has 0 aromatic heterocycles. The number of carboxylic acid groups (broad SMARTS) is 1. The van der Waals surface area contributed by atoms with Crippen LogP contribution in [-0.2, 0) is 9.53 Å². The van der Waals surface area contributed by atoms with Crippen molar-refractivity contribution in [2.45, 2.75) is 18.6 Å². The first-order valence-electron chi connectivity index (χ1n) is 4.56. The van der Waals surface area contributed by atoms with E-state index in [2.05, 4.69) is 16.6 Å². The van der Waals surface area contributed by atoms with Gasteiger partial charge in [-0.1, -0.05) is 12.7 Å². The first-order valence-corrected chi connectivity index (χ1v) is 4.56. The van der Waals surface area contributed by atoms with Crippen molar-refractivity contribution < 1.29 is 29.6 Å². The predicted octanol–water partition coefficient (Wildman–Crippen LogP) is -0.905. The average molecular weight is 233 g/mol. The summed E-state index contributed by atoms with van der Waals surface area (Å²) in [5, 5.41) is 28.5. The van der Waals surface area contributed by atoms with Gasteiger partial charge in [-0.3, -0.25) is 4.79 Å². The van der Waals surface area contributed by atoms with Crippen molar-refractivity contribution in [2.75, 3.05) is 13.2 Å². The monoisotopic (exact) mass is 233 g/mol. The summed E-state index contributed by atoms with van der Waals surface area (Å²) in [5.74, 6) is -1.21. The molecule has 0 aliphatic rings. The van der Waals surface area contributed by atoms with E-state index < -0.39 is 37.2 Å². The molecule has 7 heteroatoms. The fourth-order valence-corrected chi connectivity index (χ4v) is 0.926. The lowest BCUT2D eigenvalue weighted by atomic mass is 10.1. The van der Waals surface area contributed by atoms with E-state index in [-0.39, 0.29) is 6.61 Å². The van der Waals surface area contributed by atoms with E-state index in [1.165, 1.54) is 6.08 Å². The number of alkyl carbamates (subject to hydrolysis) is 1. The zero-order valence-corrected chi connectivity index (χ0v) is 8.63. The molecule has 0 rings (SSSR count). The van der Waals surface area contributed by atoms with Gasteiger partial charge in [0, 0.05) is 0 Å². The number of carboxylic acids is 1. The summed E-state index contributed by atoms with van der Waals surface area (Å²) in [5.41, 5.74) is 0. The van der Waals surface area contributed by atoms with E-state index >= 15 is 0 Å². The SMILES string of the molecule is C=CCOC(=O)N[C@@H](CC(=O)O)[C@@H](O)CO. The normalized spacial score (nSPS) is 13.6. The maximum Gasteiger partial charge on any atom is 0.407 e. The van der Waals surface area contributed by atoms with Crippen LogP contribution in [0, 0.1) is 0 Å². The van der Waals surface area contributed by atoms with Crippen LogP contribution in [0.1, 0.15) is 6.42 Å². The molecule has 0 radical (unpaired) electrons. The quantitative estimate of drug-likeness (QED) is 0.423. The fraction of sp³-hybridized carbons (Fsp3) is 0.556. The molecule has 0 spiro atoms. The summed E-state index contributed by atoms with van der Waals surface area (Å²) in [6, 6.07) is -1.10. The van der Waals surface area contributed by atoms with Crippen molar-refractivity contribution in [1.29, 1.82) is 0 Å². The number of aliphatic carboxylic acids is 1. The number of aliphatic hydroxyl groups excluding tert-OH is 2. The van der Waals surface area contributed by atoms with Crippen molar-refractivity contribution in [3.63, 3.8) is 0 Å². The molecule has 2 atom stereocenters. The van der Waals surface area contributed by atoms with Crippen LogP contribution >= 0.6 is 0 Å². The first kappa shape index (κ1) is 14.4. The van der Waals surface area contributed by atoms with Crippen LogP contribution in [0.2, 0.25) is 0 Å². The number of hydrogen-bond acceptors (Lipinski definition) is 5. The summed E-state index contributed by atoms with van der Waals surface area (Å²) in [6.45, 7) is 2.64. The molecule has 0 fully saturated rings. The molecular formula is C9H15NO6. The number of ether oxygens (including phenoxy) is 1. The zero-order valence-electron chi connectivity index (χ0n) is 8.63. The van der Waals surface area contributed by atoms with E-state index in [0.717, 1.165) is 0 Å². The summed E-state index contributed by atoms with van der Waals surface area (Å²) in [7, 11) is 0. The highest BCUT2D eigenvalue weighted by molar-refractivity contribution is 5.71. The van der Waals surface area contributed by atoms with Gasteiger partial charge in [0.05, 0.1) is 25.2 Å². The number of carbonyl (C=O) groups is 2. The molecule has 0 aromatic carbocycles. The number of nitrogens with one attached hydrogen (secondary N) is 1. The molecule has 92 valence electrons. The highest BCUT2D eigenvalue weighted by Gasteiger charge is 2.23. The Morgan fingerprint density at radius 1 is 1.50 bits per heavy atom. The average Bonchev–Trinajstić information content (AvgIpc) is 2.23. The molecule has 0 aromatic rings. The van der Waals surface area contributed by atoms with Crippen molar-refractivity contribution in [1.82, 2.24) is 5.32 Å². The van der Waals surface area contributed by atoms with E-state index in [0.29, 0.717) is 0 Å². The molecule has 7 nitrogen and oxygen atoms in total. The van der Waals surface area contributed by atoms with Gasteiger partial charge in [0.25, 0.3) is 0 Å². The Hall–Kier alpha value is -1.60. The van der Waals surface area contributed by atoms with Crippen LogP contribution in [0.15, 0.2) is 12.7 Å². The smallest absolute Gasteiger partial charge is 0.407 e.